The molecule has 2 aliphatic heterocycles. The minimum Gasteiger partial charge on any atom is -0.458 e. The SMILES string of the molecule is CCc1ccc(C(=O)OC2C3CN(C)CC2CN(C)C3)cc1. The standard InChI is InChI=1S/C18H26N2O2/c1-4-13-5-7-14(8-6-13)18(21)22-17-15-9-19(2)10-16(17)12-20(3)11-15/h5-8,15-17H,4,9-12H2,1-3H3. The zero-order valence-corrected chi connectivity index (χ0v) is 13.8. The fourth-order valence-electron chi connectivity index (χ4n) is 3.93. The minimum absolute atomic E-state index is 0.0609. The van der Waals surface area contributed by atoms with E-state index in [2.05, 4.69) is 30.8 Å². The lowest BCUT2D eigenvalue weighted by Gasteiger charge is -2.48. The summed E-state index contributed by atoms with van der Waals surface area (Å²) in [6, 6.07) is 7.80. The van der Waals surface area contributed by atoms with Gasteiger partial charge >= 0.3 is 5.97 Å². The van der Waals surface area contributed by atoms with Crippen molar-refractivity contribution in [3.05, 3.63) is 35.4 Å². The summed E-state index contributed by atoms with van der Waals surface area (Å²) in [6.07, 6.45) is 1.05. The van der Waals surface area contributed by atoms with Crippen LogP contribution >= 0.6 is 0 Å². The molecule has 0 atom stereocenters. The van der Waals surface area contributed by atoms with Gasteiger partial charge in [-0.15, -0.1) is 0 Å². The molecule has 0 unspecified atom stereocenters. The number of carbonyl (C=O) groups is 1. The molecule has 0 radical (unpaired) electrons. The van der Waals surface area contributed by atoms with Crippen LogP contribution < -0.4 is 0 Å². The molecule has 2 saturated heterocycles. The fourth-order valence-corrected chi connectivity index (χ4v) is 3.93. The smallest absolute Gasteiger partial charge is 0.338 e. The van der Waals surface area contributed by atoms with Crippen molar-refractivity contribution in [2.45, 2.75) is 19.4 Å². The molecule has 22 heavy (non-hydrogen) atoms. The number of likely N-dealkylation sites (tertiary alicyclic amines) is 2. The lowest BCUT2D eigenvalue weighted by Crippen LogP contribution is -2.59. The first-order chi connectivity index (χ1) is 10.6. The number of hydrogen-bond donors (Lipinski definition) is 0. The number of nitrogens with zero attached hydrogens (tertiary/aromatic N) is 2. The minimum atomic E-state index is -0.170. The van der Waals surface area contributed by atoms with Gasteiger partial charge in [-0.1, -0.05) is 19.1 Å². The van der Waals surface area contributed by atoms with E-state index in [0.29, 0.717) is 17.4 Å². The van der Waals surface area contributed by atoms with E-state index in [-0.39, 0.29) is 12.1 Å². The second-order valence-corrected chi connectivity index (χ2v) is 6.88. The summed E-state index contributed by atoms with van der Waals surface area (Å²) in [5, 5.41) is 0. The quantitative estimate of drug-likeness (QED) is 0.799. The summed E-state index contributed by atoms with van der Waals surface area (Å²) in [7, 11) is 4.32. The predicted molar refractivity (Wildman–Crippen MR) is 87.0 cm³/mol. The average molecular weight is 302 g/mol. The first kappa shape index (κ1) is 15.5. The summed E-state index contributed by atoms with van der Waals surface area (Å²) in [4.78, 5) is 17.2. The second kappa shape index (κ2) is 6.39. The molecular formula is C18H26N2O2. The number of esters is 1. The molecule has 120 valence electrons. The van der Waals surface area contributed by atoms with Crippen molar-refractivity contribution in [1.82, 2.24) is 9.80 Å². The molecule has 2 aliphatic rings. The maximum Gasteiger partial charge on any atom is 0.338 e. The van der Waals surface area contributed by atoms with Gasteiger partial charge in [0.2, 0.25) is 0 Å². The highest BCUT2D eigenvalue weighted by Crippen LogP contribution is 2.30. The molecule has 0 saturated carbocycles. The summed E-state index contributed by atoms with van der Waals surface area (Å²) >= 11 is 0. The maximum absolute atomic E-state index is 12.5. The summed E-state index contributed by atoms with van der Waals surface area (Å²) in [5.41, 5.74) is 1.91. The molecule has 2 bridgehead atoms. The fraction of sp³-hybridized carbons (Fsp3) is 0.611. The average Bonchev–Trinajstić information content (AvgIpc) is 2.48. The number of carbonyl (C=O) groups excluding carboxylic acids is 1. The van der Waals surface area contributed by atoms with E-state index in [1.165, 1.54) is 5.56 Å². The van der Waals surface area contributed by atoms with Crippen molar-refractivity contribution in [2.75, 3.05) is 40.3 Å². The summed E-state index contributed by atoms with van der Waals surface area (Å²) in [5.74, 6) is 0.666. The Labute approximate surface area is 133 Å². The molecule has 1 aromatic carbocycles. The topological polar surface area (TPSA) is 32.8 Å². The van der Waals surface area contributed by atoms with Crippen LogP contribution in [0, 0.1) is 11.8 Å². The van der Waals surface area contributed by atoms with Crippen molar-refractivity contribution < 1.29 is 9.53 Å². The number of aryl methyl sites for hydroxylation is 1. The number of fused-ring (bicyclic) bond motifs is 2. The third-order valence-corrected chi connectivity index (χ3v) is 4.95. The van der Waals surface area contributed by atoms with Crippen LogP contribution in [0.25, 0.3) is 0 Å². The molecule has 0 aliphatic carbocycles. The Balaban J connectivity index is 1.70. The van der Waals surface area contributed by atoms with Crippen LogP contribution in [-0.2, 0) is 11.2 Å². The van der Waals surface area contributed by atoms with E-state index in [1.807, 2.05) is 24.3 Å². The second-order valence-electron chi connectivity index (χ2n) is 6.88. The Morgan fingerprint density at radius 2 is 1.55 bits per heavy atom. The van der Waals surface area contributed by atoms with Crippen LogP contribution in [0.1, 0.15) is 22.8 Å². The molecule has 1 aromatic rings. The Morgan fingerprint density at radius 1 is 1.05 bits per heavy atom. The first-order valence-corrected chi connectivity index (χ1v) is 8.23. The zero-order chi connectivity index (χ0) is 15.7. The van der Waals surface area contributed by atoms with E-state index in [1.54, 1.807) is 0 Å². The molecule has 0 amide bonds. The number of rotatable bonds is 3. The van der Waals surface area contributed by atoms with Gasteiger partial charge in [0.1, 0.15) is 6.10 Å². The van der Waals surface area contributed by atoms with Gasteiger partial charge in [0, 0.05) is 38.0 Å². The Morgan fingerprint density at radius 3 is 2.00 bits per heavy atom. The third-order valence-electron chi connectivity index (χ3n) is 4.95. The van der Waals surface area contributed by atoms with Gasteiger partial charge in [0.05, 0.1) is 5.56 Å². The zero-order valence-electron chi connectivity index (χ0n) is 13.8. The maximum atomic E-state index is 12.5. The van der Waals surface area contributed by atoms with Crippen molar-refractivity contribution >= 4 is 5.97 Å². The van der Waals surface area contributed by atoms with E-state index < -0.39 is 0 Å². The third kappa shape index (κ3) is 3.18. The van der Waals surface area contributed by atoms with Crippen LogP contribution in [0.15, 0.2) is 24.3 Å². The number of benzene rings is 1. The van der Waals surface area contributed by atoms with Gasteiger partial charge < -0.3 is 14.5 Å². The van der Waals surface area contributed by atoms with Crippen molar-refractivity contribution in [1.29, 1.82) is 0 Å². The van der Waals surface area contributed by atoms with Gasteiger partial charge in [0.15, 0.2) is 0 Å². The largest absolute Gasteiger partial charge is 0.458 e. The highest BCUT2D eigenvalue weighted by molar-refractivity contribution is 5.89. The Bertz CT molecular complexity index is 498. The first-order valence-electron chi connectivity index (χ1n) is 8.23. The van der Waals surface area contributed by atoms with Crippen molar-refractivity contribution in [3.63, 3.8) is 0 Å². The highest BCUT2D eigenvalue weighted by atomic mass is 16.5. The Kier molecular flexibility index (Phi) is 4.50. The lowest BCUT2D eigenvalue weighted by atomic mass is 9.82. The van der Waals surface area contributed by atoms with Gasteiger partial charge in [-0.05, 0) is 38.2 Å². The summed E-state index contributed by atoms with van der Waals surface area (Å²) in [6.45, 7) is 6.14. The van der Waals surface area contributed by atoms with Gasteiger partial charge in [-0.2, -0.15) is 0 Å². The number of hydrogen-bond acceptors (Lipinski definition) is 4. The van der Waals surface area contributed by atoms with Gasteiger partial charge in [-0.3, -0.25) is 0 Å². The molecule has 3 rings (SSSR count). The highest BCUT2D eigenvalue weighted by Gasteiger charge is 2.42. The van der Waals surface area contributed by atoms with E-state index in [9.17, 15) is 4.79 Å². The normalized spacial score (nSPS) is 29.3. The van der Waals surface area contributed by atoms with Gasteiger partial charge in [-0.25, -0.2) is 4.79 Å². The number of piperidine rings is 2. The van der Waals surface area contributed by atoms with Crippen LogP contribution in [0.4, 0.5) is 0 Å². The molecule has 0 spiro atoms. The van der Waals surface area contributed by atoms with Crippen molar-refractivity contribution in [2.24, 2.45) is 11.8 Å². The monoisotopic (exact) mass is 302 g/mol. The van der Waals surface area contributed by atoms with E-state index in [0.717, 1.165) is 32.6 Å². The molecule has 2 heterocycles. The Hall–Kier alpha value is -1.39. The number of ether oxygens (including phenoxy) is 1. The van der Waals surface area contributed by atoms with Crippen LogP contribution in [0.2, 0.25) is 0 Å². The molecule has 0 N–H and O–H groups in total. The molecule has 4 heteroatoms. The molecule has 4 nitrogen and oxygen atoms in total. The molecular weight excluding hydrogens is 276 g/mol. The lowest BCUT2D eigenvalue weighted by molar-refractivity contribution is -0.0792. The van der Waals surface area contributed by atoms with E-state index in [4.69, 9.17) is 4.74 Å². The van der Waals surface area contributed by atoms with Crippen molar-refractivity contribution in [3.8, 4) is 0 Å². The van der Waals surface area contributed by atoms with Crippen LogP contribution in [0.5, 0.6) is 0 Å². The predicted octanol–water partition coefficient (Wildman–Crippen LogP) is 1.90. The molecule has 2 fully saturated rings. The van der Waals surface area contributed by atoms with Crippen LogP contribution in [-0.4, -0.2) is 62.1 Å². The summed E-state index contributed by atoms with van der Waals surface area (Å²) < 4.78 is 5.92. The van der Waals surface area contributed by atoms with Gasteiger partial charge in [0.25, 0.3) is 0 Å². The van der Waals surface area contributed by atoms with E-state index >= 15 is 0 Å². The molecule has 0 aromatic heterocycles. The van der Waals surface area contributed by atoms with Crippen LogP contribution in [0.3, 0.4) is 0 Å².